The van der Waals surface area contributed by atoms with E-state index in [1.54, 1.807) is 18.2 Å². The van der Waals surface area contributed by atoms with E-state index < -0.39 is 0 Å². The molecule has 0 aliphatic heterocycles. The van der Waals surface area contributed by atoms with Gasteiger partial charge in [0.25, 0.3) is 5.91 Å². The Bertz CT molecular complexity index is 803. The van der Waals surface area contributed by atoms with Gasteiger partial charge in [-0.15, -0.1) is 0 Å². The van der Waals surface area contributed by atoms with Crippen molar-refractivity contribution in [3.8, 4) is 0 Å². The van der Waals surface area contributed by atoms with E-state index in [4.69, 9.17) is 4.74 Å². The Labute approximate surface area is 133 Å². The zero-order valence-corrected chi connectivity index (χ0v) is 13.1. The van der Waals surface area contributed by atoms with Crippen molar-refractivity contribution in [1.82, 2.24) is 15.3 Å². The van der Waals surface area contributed by atoms with Gasteiger partial charge >= 0.3 is 5.69 Å². The molecule has 6 nitrogen and oxygen atoms in total. The van der Waals surface area contributed by atoms with Gasteiger partial charge in [0.05, 0.1) is 17.1 Å². The number of carbonyl (C=O) groups is 1. The summed E-state index contributed by atoms with van der Waals surface area (Å²) >= 11 is 0. The van der Waals surface area contributed by atoms with Gasteiger partial charge in [0, 0.05) is 23.6 Å². The molecule has 1 aromatic carbocycles. The van der Waals surface area contributed by atoms with E-state index in [2.05, 4.69) is 15.3 Å². The largest absolute Gasteiger partial charge is 0.378 e. The molecule has 1 amide bonds. The van der Waals surface area contributed by atoms with Crippen molar-refractivity contribution in [1.29, 1.82) is 0 Å². The Morgan fingerprint density at radius 2 is 2.13 bits per heavy atom. The number of rotatable bonds is 4. The maximum atomic E-state index is 12.5. The molecule has 1 heterocycles. The summed E-state index contributed by atoms with van der Waals surface area (Å²) in [7, 11) is 0. The number of H-pyrrole nitrogens is 2. The molecule has 2 atom stereocenters. The third kappa shape index (κ3) is 2.20. The highest BCUT2D eigenvalue weighted by atomic mass is 16.5. The number of amides is 1. The second-order valence-electron chi connectivity index (χ2n) is 6.63. The number of hydrogen-bond acceptors (Lipinski definition) is 3. The second kappa shape index (κ2) is 5.23. The van der Waals surface area contributed by atoms with Crippen LogP contribution in [0.3, 0.4) is 0 Å². The van der Waals surface area contributed by atoms with E-state index in [0.717, 1.165) is 25.9 Å². The monoisotopic (exact) mass is 315 g/mol. The summed E-state index contributed by atoms with van der Waals surface area (Å²) in [6, 6.07) is 5.41. The van der Waals surface area contributed by atoms with Crippen LogP contribution in [0.2, 0.25) is 0 Å². The zero-order valence-electron chi connectivity index (χ0n) is 13.1. The van der Waals surface area contributed by atoms with Crippen LogP contribution < -0.4 is 11.0 Å². The highest BCUT2D eigenvalue weighted by Gasteiger charge is 2.59. The van der Waals surface area contributed by atoms with Crippen molar-refractivity contribution in [3.63, 3.8) is 0 Å². The van der Waals surface area contributed by atoms with Crippen molar-refractivity contribution in [3.05, 3.63) is 34.2 Å². The minimum atomic E-state index is -0.260. The standard InChI is InChI=1S/C17H21N3O3/c1-2-23-14-9-13(17(14)6-3-7-17)20-15(21)10-4-5-11-12(8-10)19-16(22)18-11/h4-5,8,13-14H,2-3,6-7,9H2,1H3,(H,20,21)(H2,18,19,22)/t13-,14+/m1/s1. The van der Waals surface area contributed by atoms with Crippen molar-refractivity contribution in [2.75, 3.05) is 6.61 Å². The number of ether oxygens (including phenoxy) is 1. The summed E-state index contributed by atoms with van der Waals surface area (Å²) in [6.45, 7) is 2.75. The van der Waals surface area contributed by atoms with Crippen LogP contribution in [0.4, 0.5) is 0 Å². The smallest absolute Gasteiger partial charge is 0.323 e. The number of hydrogen-bond donors (Lipinski definition) is 3. The molecule has 2 saturated carbocycles. The van der Waals surface area contributed by atoms with Gasteiger partial charge in [-0.25, -0.2) is 4.79 Å². The number of nitrogens with one attached hydrogen (secondary N) is 3. The lowest BCUT2D eigenvalue weighted by atomic mass is 9.51. The molecule has 2 aromatic rings. The van der Waals surface area contributed by atoms with Crippen LogP contribution >= 0.6 is 0 Å². The molecule has 2 aliphatic carbocycles. The molecule has 3 N–H and O–H groups in total. The topological polar surface area (TPSA) is 87.0 Å². The fraction of sp³-hybridized carbons (Fsp3) is 0.529. The molecular weight excluding hydrogens is 294 g/mol. The lowest BCUT2D eigenvalue weighted by Crippen LogP contribution is -2.67. The minimum absolute atomic E-state index is 0.0832. The maximum absolute atomic E-state index is 12.5. The van der Waals surface area contributed by atoms with Crippen LogP contribution in [-0.2, 0) is 4.74 Å². The quantitative estimate of drug-likeness (QED) is 0.806. The summed E-state index contributed by atoms with van der Waals surface area (Å²) in [5, 5.41) is 3.16. The van der Waals surface area contributed by atoms with Gasteiger partial charge in [0.1, 0.15) is 0 Å². The SMILES string of the molecule is CCO[C@H]1C[C@@H](NC(=O)c2ccc3[nH]c(=O)[nH]c3c2)C12CCC2. The van der Waals surface area contributed by atoms with Crippen LogP contribution in [0, 0.1) is 5.41 Å². The van der Waals surface area contributed by atoms with Gasteiger partial charge in [-0.2, -0.15) is 0 Å². The van der Waals surface area contributed by atoms with Gasteiger partial charge in [-0.05, 0) is 44.4 Å². The summed E-state index contributed by atoms with van der Waals surface area (Å²) in [6.07, 6.45) is 4.66. The highest BCUT2D eigenvalue weighted by Crippen LogP contribution is 2.57. The molecule has 4 rings (SSSR count). The third-order valence-corrected chi connectivity index (χ3v) is 5.52. The molecule has 1 spiro atoms. The van der Waals surface area contributed by atoms with Gasteiger partial charge in [-0.1, -0.05) is 6.42 Å². The molecule has 0 bridgehead atoms. The van der Waals surface area contributed by atoms with Crippen molar-refractivity contribution in [2.45, 2.75) is 44.8 Å². The van der Waals surface area contributed by atoms with Crippen molar-refractivity contribution < 1.29 is 9.53 Å². The number of aromatic amines is 2. The maximum Gasteiger partial charge on any atom is 0.323 e. The van der Waals surface area contributed by atoms with Crippen LogP contribution in [0.1, 0.15) is 43.0 Å². The van der Waals surface area contributed by atoms with Gasteiger partial charge in [-0.3, -0.25) is 4.79 Å². The molecule has 6 heteroatoms. The van der Waals surface area contributed by atoms with Gasteiger partial charge in [0.15, 0.2) is 0 Å². The highest BCUT2D eigenvalue weighted by molar-refractivity contribution is 5.97. The Kier molecular flexibility index (Phi) is 3.30. The molecule has 0 unspecified atom stereocenters. The van der Waals surface area contributed by atoms with Crippen LogP contribution in [0.5, 0.6) is 0 Å². The number of aromatic nitrogens is 2. The Morgan fingerprint density at radius 1 is 1.35 bits per heavy atom. The van der Waals surface area contributed by atoms with Crippen LogP contribution in [0.15, 0.2) is 23.0 Å². The van der Waals surface area contributed by atoms with E-state index in [1.165, 1.54) is 6.42 Å². The predicted octanol–water partition coefficient (Wildman–Crippen LogP) is 1.93. The Morgan fingerprint density at radius 3 is 2.83 bits per heavy atom. The number of fused-ring (bicyclic) bond motifs is 1. The first kappa shape index (κ1) is 14.5. The van der Waals surface area contributed by atoms with Gasteiger partial charge in [0.2, 0.25) is 0 Å². The molecular formula is C17H21N3O3. The Hall–Kier alpha value is -2.08. The van der Waals surface area contributed by atoms with Crippen molar-refractivity contribution in [2.24, 2.45) is 5.41 Å². The van der Waals surface area contributed by atoms with E-state index in [-0.39, 0.29) is 29.2 Å². The fourth-order valence-corrected chi connectivity index (χ4v) is 4.06. The average molecular weight is 315 g/mol. The summed E-state index contributed by atoms with van der Waals surface area (Å²) in [4.78, 5) is 29.2. The molecule has 1 aromatic heterocycles. The number of carbonyl (C=O) groups excluding carboxylic acids is 1. The van der Waals surface area contributed by atoms with Gasteiger partial charge < -0.3 is 20.0 Å². The summed E-state index contributed by atoms with van der Waals surface area (Å²) in [5.41, 5.74) is 1.83. The lowest BCUT2D eigenvalue weighted by Gasteiger charge is -2.61. The molecule has 23 heavy (non-hydrogen) atoms. The zero-order chi connectivity index (χ0) is 16.0. The third-order valence-electron chi connectivity index (χ3n) is 5.52. The molecule has 122 valence electrons. The molecule has 0 radical (unpaired) electrons. The molecule has 0 saturated heterocycles. The predicted molar refractivity (Wildman–Crippen MR) is 86.5 cm³/mol. The Balaban J connectivity index is 1.50. The average Bonchev–Trinajstić information content (AvgIpc) is 2.83. The van der Waals surface area contributed by atoms with E-state index >= 15 is 0 Å². The summed E-state index contributed by atoms with van der Waals surface area (Å²) in [5.74, 6) is -0.0832. The first-order chi connectivity index (χ1) is 11.1. The van der Waals surface area contributed by atoms with Crippen molar-refractivity contribution >= 4 is 16.9 Å². The molecule has 2 fully saturated rings. The fourth-order valence-electron chi connectivity index (χ4n) is 4.06. The lowest BCUT2D eigenvalue weighted by molar-refractivity contribution is -0.169. The number of benzene rings is 1. The van der Waals surface area contributed by atoms with Crippen LogP contribution in [0.25, 0.3) is 11.0 Å². The normalized spacial score (nSPS) is 25.1. The van der Waals surface area contributed by atoms with E-state index in [0.29, 0.717) is 16.6 Å². The van der Waals surface area contributed by atoms with E-state index in [1.807, 2.05) is 6.92 Å². The molecule has 2 aliphatic rings. The second-order valence-corrected chi connectivity index (χ2v) is 6.63. The van der Waals surface area contributed by atoms with Crippen LogP contribution in [-0.4, -0.2) is 34.6 Å². The number of imidazole rings is 1. The minimum Gasteiger partial charge on any atom is -0.378 e. The summed E-state index contributed by atoms with van der Waals surface area (Å²) < 4.78 is 5.82. The first-order valence-electron chi connectivity index (χ1n) is 8.27. The van der Waals surface area contributed by atoms with E-state index in [9.17, 15) is 9.59 Å². The first-order valence-corrected chi connectivity index (χ1v) is 8.27.